The van der Waals surface area contributed by atoms with Crippen LogP contribution in [0.5, 0.6) is 0 Å². The average Bonchev–Trinajstić information content (AvgIpc) is 3.02. The Morgan fingerprint density at radius 3 is 2.73 bits per heavy atom. The highest BCUT2D eigenvalue weighted by atomic mass is 16.2. The van der Waals surface area contributed by atoms with Crippen LogP contribution < -0.4 is 0 Å². The van der Waals surface area contributed by atoms with Crippen LogP contribution in [-0.4, -0.2) is 38.0 Å². The Morgan fingerprint density at radius 1 is 1.32 bits per heavy atom. The van der Waals surface area contributed by atoms with Gasteiger partial charge in [0.15, 0.2) is 5.65 Å². The molecule has 1 aliphatic rings. The summed E-state index contributed by atoms with van der Waals surface area (Å²) in [6, 6.07) is 2.31. The normalized spacial score (nSPS) is 18.6. The number of likely N-dealkylation sites (tertiary alicyclic amines) is 1. The number of fused-ring (bicyclic) bond motifs is 1. The molecule has 0 spiro atoms. The van der Waals surface area contributed by atoms with Gasteiger partial charge in [0.1, 0.15) is 5.56 Å². The maximum absolute atomic E-state index is 13.1. The summed E-state index contributed by atoms with van der Waals surface area (Å²) in [6.07, 6.45) is 2.17. The van der Waals surface area contributed by atoms with Crippen LogP contribution in [0.25, 0.3) is 5.65 Å². The largest absolute Gasteiger partial charge is 0.335 e. The Bertz CT molecular complexity index is 732. The predicted molar refractivity (Wildman–Crippen MR) is 86.1 cm³/mol. The van der Waals surface area contributed by atoms with Crippen molar-refractivity contribution in [3.05, 3.63) is 28.7 Å². The lowest BCUT2D eigenvalue weighted by Crippen LogP contribution is -2.38. The smallest absolute Gasteiger partial charge is 0.259 e. The SMILES string of the molecule is Cc1cc(C)n2nc(C)c(C(=O)N3CCC[C@@H]3C(C)C)c2n1. The molecule has 0 bridgehead atoms. The third kappa shape index (κ3) is 2.28. The Morgan fingerprint density at radius 2 is 2.05 bits per heavy atom. The maximum Gasteiger partial charge on any atom is 0.259 e. The number of carbonyl (C=O) groups is 1. The Hall–Kier alpha value is -1.91. The van der Waals surface area contributed by atoms with E-state index in [1.165, 1.54) is 0 Å². The molecule has 0 unspecified atom stereocenters. The molecule has 1 amide bonds. The number of rotatable bonds is 2. The Kier molecular flexibility index (Phi) is 3.67. The van der Waals surface area contributed by atoms with Gasteiger partial charge in [0, 0.05) is 24.0 Å². The summed E-state index contributed by atoms with van der Waals surface area (Å²) >= 11 is 0. The van der Waals surface area contributed by atoms with Crippen LogP contribution in [-0.2, 0) is 0 Å². The number of carbonyl (C=O) groups excluding carboxylic acids is 1. The molecule has 118 valence electrons. The molecular weight excluding hydrogens is 276 g/mol. The number of amides is 1. The monoisotopic (exact) mass is 300 g/mol. The first-order valence-electron chi connectivity index (χ1n) is 8.04. The number of nitrogens with zero attached hydrogens (tertiary/aromatic N) is 4. The van der Waals surface area contributed by atoms with Gasteiger partial charge in [-0.25, -0.2) is 9.50 Å². The molecular formula is C17H24N4O. The van der Waals surface area contributed by atoms with Crippen molar-refractivity contribution in [1.29, 1.82) is 0 Å². The van der Waals surface area contributed by atoms with E-state index in [4.69, 9.17) is 0 Å². The van der Waals surface area contributed by atoms with Gasteiger partial charge in [-0.15, -0.1) is 0 Å². The van der Waals surface area contributed by atoms with Gasteiger partial charge in [-0.1, -0.05) is 13.8 Å². The zero-order chi connectivity index (χ0) is 16.0. The van der Waals surface area contributed by atoms with E-state index >= 15 is 0 Å². The van der Waals surface area contributed by atoms with E-state index in [-0.39, 0.29) is 5.91 Å². The molecule has 3 heterocycles. The van der Waals surface area contributed by atoms with Crippen LogP contribution in [0.4, 0.5) is 0 Å². The lowest BCUT2D eigenvalue weighted by Gasteiger charge is -2.27. The van der Waals surface area contributed by atoms with Crippen LogP contribution in [0.15, 0.2) is 6.07 Å². The predicted octanol–water partition coefficient (Wildman–Crippen LogP) is 2.92. The standard InChI is InChI=1S/C17H24N4O/c1-10(2)14-7-6-8-20(14)17(22)15-13(5)19-21-12(4)9-11(3)18-16(15)21/h9-10,14H,6-8H2,1-5H3/t14-/m1/s1. The summed E-state index contributed by atoms with van der Waals surface area (Å²) < 4.78 is 1.79. The molecule has 1 aliphatic heterocycles. The van der Waals surface area contributed by atoms with Crippen LogP contribution >= 0.6 is 0 Å². The highest BCUT2D eigenvalue weighted by Gasteiger charge is 2.34. The third-order valence-corrected chi connectivity index (χ3v) is 4.61. The van der Waals surface area contributed by atoms with Crippen molar-refractivity contribution >= 4 is 11.6 Å². The summed E-state index contributed by atoms with van der Waals surface area (Å²) in [4.78, 5) is 19.7. The van der Waals surface area contributed by atoms with Crippen LogP contribution in [0.3, 0.4) is 0 Å². The van der Waals surface area contributed by atoms with Crippen molar-refractivity contribution in [3.63, 3.8) is 0 Å². The fourth-order valence-electron chi connectivity index (χ4n) is 3.56. The fraction of sp³-hybridized carbons (Fsp3) is 0.588. The van der Waals surface area contributed by atoms with Gasteiger partial charge in [0.05, 0.1) is 5.69 Å². The van der Waals surface area contributed by atoms with Gasteiger partial charge >= 0.3 is 0 Å². The Balaban J connectivity index is 2.10. The topological polar surface area (TPSA) is 50.5 Å². The molecule has 5 nitrogen and oxygen atoms in total. The van der Waals surface area contributed by atoms with E-state index in [0.29, 0.717) is 23.2 Å². The summed E-state index contributed by atoms with van der Waals surface area (Å²) in [5, 5.41) is 4.52. The van der Waals surface area contributed by atoms with E-state index in [1.807, 2.05) is 31.7 Å². The number of aromatic nitrogens is 3. The van der Waals surface area contributed by atoms with Gasteiger partial charge in [0.2, 0.25) is 0 Å². The van der Waals surface area contributed by atoms with Gasteiger partial charge in [-0.3, -0.25) is 4.79 Å². The second-order valence-electron chi connectivity index (χ2n) is 6.69. The van der Waals surface area contributed by atoms with Crippen molar-refractivity contribution in [2.75, 3.05) is 6.54 Å². The average molecular weight is 300 g/mol. The van der Waals surface area contributed by atoms with E-state index < -0.39 is 0 Å². The van der Waals surface area contributed by atoms with Crippen molar-refractivity contribution < 1.29 is 4.79 Å². The first-order chi connectivity index (χ1) is 10.4. The minimum Gasteiger partial charge on any atom is -0.335 e. The maximum atomic E-state index is 13.1. The summed E-state index contributed by atoms with van der Waals surface area (Å²) in [5.41, 5.74) is 4.04. The summed E-state index contributed by atoms with van der Waals surface area (Å²) in [7, 11) is 0. The van der Waals surface area contributed by atoms with Gasteiger partial charge in [0.25, 0.3) is 5.91 Å². The minimum atomic E-state index is 0.0844. The van der Waals surface area contributed by atoms with Gasteiger partial charge < -0.3 is 4.90 Å². The quantitative estimate of drug-likeness (QED) is 0.857. The second kappa shape index (κ2) is 5.38. The zero-order valence-corrected chi connectivity index (χ0v) is 14.1. The molecule has 3 rings (SSSR count). The van der Waals surface area contributed by atoms with Crippen LogP contribution in [0.2, 0.25) is 0 Å². The minimum absolute atomic E-state index is 0.0844. The summed E-state index contributed by atoms with van der Waals surface area (Å²) in [6.45, 7) is 11.1. The molecule has 2 aromatic heterocycles. The fourth-order valence-corrected chi connectivity index (χ4v) is 3.56. The molecule has 1 atom stereocenters. The molecule has 1 fully saturated rings. The van der Waals surface area contributed by atoms with Crippen molar-refractivity contribution in [1.82, 2.24) is 19.5 Å². The molecule has 2 aromatic rings. The number of hydrogen-bond donors (Lipinski definition) is 0. The van der Waals surface area contributed by atoms with E-state index in [9.17, 15) is 4.79 Å². The van der Waals surface area contributed by atoms with E-state index in [1.54, 1.807) is 4.52 Å². The molecule has 0 aromatic carbocycles. The van der Waals surface area contributed by atoms with Crippen LogP contribution in [0.1, 0.15) is 54.1 Å². The van der Waals surface area contributed by atoms with Crippen molar-refractivity contribution in [3.8, 4) is 0 Å². The summed E-state index contributed by atoms with van der Waals surface area (Å²) in [5.74, 6) is 0.561. The molecule has 1 saturated heterocycles. The second-order valence-corrected chi connectivity index (χ2v) is 6.69. The highest BCUT2D eigenvalue weighted by Crippen LogP contribution is 2.27. The molecule has 0 aliphatic carbocycles. The molecule has 0 N–H and O–H groups in total. The van der Waals surface area contributed by atoms with E-state index in [2.05, 4.69) is 23.9 Å². The molecule has 22 heavy (non-hydrogen) atoms. The van der Waals surface area contributed by atoms with E-state index in [0.717, 1.165) is 36.5 Å². The van der Waals surface area contributed by atoms with Crippen molar-refractivity contribution in [2.45, 2.75) is 53.5 Å². The number of aryl methyl sites for hydroxylation is 3. The molecule has 5 heteroatoms. The highest BCUT2D eigenvalue weighted by molar-refractivity contribution is 6.01. The zero-order valence-electron chi connectivity index (χ0n) is 14.1. The lowest BCUT2D eigenvalue weighted by atomic mass is 10.0. The van der Waals surface area contributed by atoms with Gasteiger partial charge in [-0.05, 0) is 45.6 Å². The third-order valence-electron chi connectivity index (χ3n) is 4.61. The molecule has 0 radical (unpaired) electrons. The Labute approximate surface area is 131 Å². The lowest BCUT2D eigenvalue weighted by molar-refractivity contribution is 0.0702. The molecule has 0 saturated carbocycles. The number of hydrogen-bond acceptors (Lipinski definition) is 3. The first-order valence-corrected chi connectivity index (χ1v) is 8.04. The van der Waals surface area contributed by atoms with Crippen molar-refractivity contribution in [2.24, 2.45) is 5.92 Å². The van der Waals surface area contributed by atoms with Gasteiger partial charge in [-0.2, -0.15) is 5.10 Å². The first kappa shape index (κ1) is 15.0. The van der Waals surface area contributed by atoms with Crippen LogP contribution in [0, 0.1) is 26.7 Å².